The maximum absolute atomic E-state index is 12.4. The van der Waals surface area contributed by atoms with Crippen molar-refractivity contribution in [1.29, 1.82) is 0 Å². The van der Waals surface area contributed by atoms with Gasteiger partial charge in [-0.25, -0.2) is 4.79 Å². The molecule has 1 aliphatic heterocycles. The molecule has 2 rings (SSSR count). The van der Waals surface area contributed by atoms with E-state index in [1.807, 2.05) is 25.1 Å². The van der Waals surface area contributed by atoms with E-state index in [2.05, 4.69) is 5.32 Å². The third-order valence-corrected chi connectivity index (χ3v) is 3.81. The van der Waals surface area contributed by atoms with Gasteiger partial charge in [-0.3, -0.25) is 4.79 Å². The van der Waals surface area contributed by atoms with Gasteiger partial charge in [0.1, 0.15) is 0 Å². The molecule has 1 aliphatic rings. The molecule has 0 radical (unpaired) electrons. The van der Waals surface area contributed by atoms with Crippen LogP contribution in [0, 0.1) is 5.92 Å². The fourth-order valence-corrected chi connectivity index (χ4v) is 2.64. The lowest BCUT2D eigenvalue weighted by molar-refractivity contribution is -0.146. The molecule has 3 atom stereocenters. The van der Waals surface area contributed by atoms with Crippen LogP contribution in [0.15, 0.2) is 30.3 Å². The topological polar surface area (TPSA) is 64.6 Å². The third kappa shape index (κ3) is 3.61. The summed E-state index contributed by atoms with van der Waals surface area (Å²) in [6.45, 7) is 2.58. The number of carbonyl (C=O) groups excluding carboxylic acids is 2. The lowest BCUT2D eigenvalue weighted by atomic mass is 9.97. The Morgan fingerprint density at radius 2 is 2.10 bits per heavy atom. The maximum atomic E-state index is 12.4. The predicted molar refractivity (Wildman–Crippen MR) is 77.5 cm³/mol. The van der Waals surface area contributed by atoms with E-state index in [9.17, 15) is 9.59 Å². The summed E-state index contributed by atoms with van der Waals surface area (Å²) >= 11 is 0. The summed E-state index contributed by atoms with van der Waals surface area (Å²) in [7, 11) is 1.32. The van der Waals surface area contributed by atoms with Crippen LogP contribution in [0.4, 0.5) is 0 Å². The number of hydrogen-bond donors (Lipinski definition) is 1. The quantitative estimate of drug-likeness (QED) is 0.841. The molecule has 3 unspecified atom stereocenters. The summed E-state index contributed by atoms with van der Waals surface area (Å²) in [4.78, 5) is 24.4. The minimum absolute atomic E-state index is 0.0703. The Labute approximate surface area is 124 Å². The Hall–Kier alpha value is -1.88. The van der Waals surface area contributed by atoms with Crippen molar-refractivity contribution in [3.8, 4) is 0 Å². The van der Waals surface area contributed by atoms with E-state index in [0.717, 1.165) is 6.42 Å². The van der Waals surface area contributed by atoms with Gasteiger partial charge in [0.15, 0.2) is 6.04 Å². The Kier molecular flexibility index (Phi) is 5.33. The van der Waals surface area contributed by atoms with Crippen molar-refractivity contribution in [2.75, 3.05) is 13.7 Å². The first-order valence-electron chi connectivity index (χ1n) is 7.22. The zero-order valence-corrected chi connectivity index (χ0v) is 12.4. The smallest absolute Gasteiger partial charge is 0.333 e. The van der Waals surface area contributed by atoms with Crippen molar-refractivity contribution in [3.63, 3.8) is 0 Å². The summed E-state index contributed by atoms with van der Waals surface area (Å²) in [6.07, 6.45) is 1.40. The van der Waals surface area contributed by atoms with Gasteiger partial charge in [0.05, 0.1) is 19.1 Å². The summed E-state index contributed by atoms with van der Waals surface area (Å²) in [5.74, 6) is -0.828. The molecule has 114 valence electrons. The summed E-state index contributed by atoms with van der Waals surface area (Å²) in [5.41, 5.74) is 0.713. The van der Waals surface area contributed by atoms with Crippen molar-refractivity contribution in [1.82, 2.24) is 5.32 Å². The molecule has 5 nitrogen and oxygen atoms in total. The molecular weight excluding hydrogens is 270 g/mol. The number of esters is 1. The molecule has 1 saturated heterocycles. The highest BCUT2D eigenvalue weighted by Gasteiger charge is 2.35. The molecule has 1 fully saturated rings. The molecule has 1 N–H and O–H groups in total. The number of benzene rings is 1. The number of hydrogen-bond acceptors (Lipinski definition) is 4. The number of ether oxygens (including phenoxy) is 2. The average molecular weight is 291 g/mol. The lowest BCUT2D eigenvalue weighted by Gasteiger charge is -2.21. The highest BCUT2D eigenvalue weighted by atomic mass is 16.5. The van der Waals surface area contributed by atoms with E-state index in [1.165, 1.54) is 7.11 Å². The van der Waals surface area contributed by atoms with E-state index in [4.69, 9.17) is 9.47 Å². The molecule has 1 aromatic carbocycles. The summed E-state index contributed by atoms with van der Waals surface area (Å²) in [6, 6.07) is 8.32. The van der Waals surface area contributed by atoms with Crippen LogP contribution < -0.4 is 5.32 Å². The Balaban J connectivity index is 2.12. The van der Waals surface area contributed by atoms with Gasteiger partial charge in [-0.2, -0.15) is 0 Å². The van der Waals surface area contributed by atoms with Gasteiger partial charge in [0.2, 0.25) is 5.91 Å². The van der Waals surface area contributed by atoms with Crippen molar-refractivity contribution in [2.24, 2.45) is 5.92 Å². The molecule has 0 bridgehead atoms. The first-order valence-corrected chi connectivity index (χ1v) is 7.22. The van der Waals surface area contributed by atoms with Crippen LogP contribution >= 0.6 is 0 Å². The van der Waals surface area contributed by atoms with Crippen LogP contribution in [0.2, 0.25) is 0 Å². The maximum Gasteiger partial charge on any atom is 0.333 e. The minimum Gasteiger partial charge on any atom is -0.467 e. The molecule has 0 aromatic heterocycles. The first kappa shape index (κ1) is 15.5. The molecular formula is C16H21NO4. The average Bonchev–Trinajstić information content (AvgIpc) is 3.01. The highest BCUT2D eigenvalue weighted by molar-refractivity contribution is 5.87. The van der Waals surface area contributed by atoms with E-state index in [0.29, 0.717) is 18.6 Å². The van der Waals surface area contributed by atoms with E-state index in [-0.39, 0.29) is 17.9 Å². The van der Waals surface area contributed by atoms with Crippen LogP contribution in [-0.4, -0.2) is 31.7 Å². The standard InChI is InChI=1S/C16H21NO4/c1-3-13-12(9-10-21-13)15(18)17-14(16(19)20-2)11-7-5-4-6-8-11/h4-8,12-14H,3,9-10H2,1-2H3,(H,17,18). The Bertz CT molecular complexity index is 488. The number of rotatable bonds is 5. The second kappa shape index (κ2) is 7.22. The van der Waals surface area contributed by atoms with Crippen LogP contribution in [0.5, 0.6) is 0 Å². The molecule has 0 spiro atoms. The molecule has 5 heteroatoms. The molecule has 1 heterocycles. The van der Waals surface area contributed by atoms with Crippen LogP contribution in [0.3, 0.4) is 0 Å². The second-order valence-electron chi connectivity index (χ2n) is 5.09. The molecule has 0 aliphatic carbocycles. The normalized spacial score (nSPS) is 22.6. The van der Waals surface area contributed by atoms with Gasteiger partial charge in [-0.1, -0.05) is 37.3 Å². The zero-order chi connectivity index (χ0) is 15.2. The predicted octanol–water partition coefficient (Wildman–Crippen LogP) is 1.83. The zero-order valence-electron chi connectivity index (χ0n) is 12.4. The van der Waals surface area contributed by atoms with Gasteiger partial charge in [0, 0.05) is 6.61 Å². The Morgan fingerprint density at radius 1 is 1.38 bits per heavy atom. The lowest BCUT2D eigenvalue weighted by Crippen LogP contribution is -2.40. The van der Waals surface area contributed by atoms with Crippen molar-refractivity contribution in [3.05, 3.63) is 35.9 Å². The second-order valence-corrected chi connectivity index (χ2v) is 5.09. The SMILES string of the molecule is CCC1OCCC1C(=O)NC(C(=O)OC)c1ccccc1. The minimum atomic E-state index is -0.776. The molecule has 21 heavy (non-hydrogen) atoms. The van der Waals surface area contributed by atoms with Gasteiger partial charge >= 0.3 is 5.97 Å². The Morgan fingerprint density at radius 3 is 2.71 bits per heavy atom. The van der Waals surface area contributed by atoms with Crippen LogP contribution in [0.1, 0.15) is 31.4 Å². The van der Waals surface area contributed by atoms with Crippen molar-refractivity contribution >= 4 is 11.9 Å². The molecule has 0 saturated carbocycles. The van der Waals surface area contributed by atoms with E-state index in [1.54, 1.807) is 12.1 Å². The fraction of sp³-hybridized carbons (Fsp3) is 0.500. The fourth-order valence-electron chi connectivity index (χ4n) is 2.64. The van der Waals surface area contributed by atoms with Crippen LogP contribution in [-0.2, 0) is 19.1 Å². The third-order valence-electron chi connectivity index (χ3n) is 3.81. The summed E-state index contributed by atoms with van der Waals surface area (Å²) < 4.78 is 10.3. The highest BCUT2D eigenvalue weighted by Crippen LogP contribution is 2.25. The molecule has 1 amide bonds. The number of methoxy groups -OCH3 is 1. The van der Waals surface area contributed by atoms with Gasteiger partial charge in [-0.15, -0.1) is 0 Å². The van der Waals surface area contributed by atoms with Crippen LogP contribution in [0.25, 0.3) is 0 Å². The summed E-state index contributed by atoms with van der Waals surface area (Å²) in [5, 5.41) is 2.80. The number of carbonyl (C=O) groups is 2. The number of amides is 1. The first-order chi connectivity index (χ1) is 10.2. The molecule has 1 aromatic rings. The van der Waals surface area contributed by atoms with Crippen molar-refractivity contribution in [2.45, 2.75) is 31.9 Å². The number of nitrogens with one attached hydrogen (secondary N) is 1. The monoisotopic (exact) mass is 291 g/mol. The van der Waals surface area contributed by atoms with Gasteiger partial charge in [-0.05, 0) is 18.4 Å². The van der Waals surface area contributed by atoms with Crippen molar-refractivity contribution < 1.29 is 19.1 Å². The largest absolute Gasteiger partial charge is 0.467 e. The van der Waals surface area contributed by atoms with Gasteiger partial charge in [0.25, 0.3) is 0 Å². The van der Waals surface area contributed by atoms with E-state index >= 15 is 0 Å². The van der Waals surface area contributed by atoms with Gasteiger partial charge < -0.3 is 14.8 Å². The van der Waals surface area contributed by atoms with E-state index < -0.39 is 12.0 Å².